The van der Waals surface area contributed by atoms with Gasteiger partial charge in [-0.2, -0.15) is 4.98 Å². The number of aliphatic imine (C=N–C) groups is 2. The van der Waals surface area contributed by atoms with Gasteiger partial charge in [-0.15, -0.1) is 0 Å². The van der Waals surface area contributed by atoms with E-state index in [2.05, 4.69) is 30.9 Å². The molecule has 11 heteroatoms. The topological polar surface area (TPSA) is 143 Å². The third-order valence-electron chi connectivity index (χ3n) is 5.31. The largest absolute Gasteiger partial charge is 0.423 e. The molecule has 1 atom stereocenters. The molecule has 0 spiro atoms. The van der Waals surface area contributed by atoms with Crippen molar-refractivity contribution in [2.45, 2.75) is 19.9 Å². The summed E-state index contributed by atoms with van der Waals surface area (Å²) in [6, 6.07) is 6.92. The van der Waals surface area contributed by atoms with E-state index in [1.807, 2.05) is 25.1 Å². The van der Waals surface area contributed by atoms with E-state index in [9.17, 15) is 4.79 Å². The van der Waals surface area contributed by atoms with Gasteiger partial charge in [-0.1, -0.05) is 23.7 Å². The number of fused-ring (bicyclic) bond motifs is 1. The van der Waals surface area contributed by atoms with Crippen LogP contribution in [0.2, 0.25) is 5.02 Å². The highest BCUT2D eigenvalue weighted by molar-refractivity contribution is 6.31. The van der Waals surface area contributed by atoms with Gasteiger partial charge in [-0.3, -0.25) is 20.1 Å². The molecular formula is C24H25ClN8O2. The number of oxazole rings is 1. The van der Waals surface area contributed by atoms with Gasteiger partial charge < -0.3 is 20.8 Å². The number of nitrogens with zero attached hydrogens (tertiary/aromatic N) is 4. The van der Waals surface area contributed by atoms with Crippen LogP contribution in [0, 0.1) is 6.92 Å². The Morgan fingerprint density at radius 2 is 2.17 bits per heavy atom. The van der Waals surface area contributed by atoms with Gasteiger partial charge in [0.15, 0.2) is 5.58 Å². The van der Waals surface area contributed by atoms with Crippen molar-refractivity contribution in [3.63, 3.8) is 0 Å². The summed E-state index contributed by atoms with van der Waals surface area (Å²) in [4.78, 5) is 30.4. The van der Waals surface area contributed by atoms with Crippen LogP contribution in [0.3, 0.4) is 0 Å². The van der Waals surface area contributed by atoms with Crippen molar-refractivity contribution in [1.29, 1.82) is 0 Å². The number of nitrogens with one attached hydrogen (secondary N) is 3. The maximum Gasteiger partial charge on any atom is 0.302 e. The van der Waals surface area contributed by atoms with Gasteiger partial charge in [0.25, 0.3) is 5.91 Å². The number of hydrogen-bond donors (Lipinski definition) is 4. The molecule has 3 aromatic rings. The van der Waals surface area contributed by atoms with E-state index in [4.69, 9.17) is 26.7 Å². The number of halogens is 1. The number of hydrogen-bond acceptors (Lipinski definition) is 9. The fraction of sp³-hybridized carbons (Fsp3) is 0.208. The Hall–Kier alpha value is -4.18. The van der Waals surface area contributed by atoms with Gasteiger partial charge in [0, 0.05) is 60.1 Å². The molecule has 0 bridgehead atoms. The van der Waals surface area contributed by atoms with Gasteiger partial charge >= 0.3 is 6.01 Å². The van der Waals surface area contributed by atoms with Crippen LogP contribution >= 0.6 is 11.6 Å². The minimum Gasteiger partial charge on any atom is -0.423 e. The van der Waals surface area contributed by atoms with Crippen molar-refractivity contribution in [2.24, 2.45) is 15.7 Å². The molecule has 35 heavy (non-hydrogen) atoms. The molecule has 0 aliphatic carbocycles. The number of aryl methyl sites for hydroxylation is 1. The molecule has 0 saturated heterocycles. The highest BCUT2D eigenvalue weighted by Crippen LogP contribution is 2.35. The predicted molar refractivity (Wildman–Crippen MR) is 137 cm³/mol. The minimum absolute atomic E-state index is 0.212. The standard InChI is InChI=1S/C24H25ClN8O2/c1-13-4-5-16(17(25)8-13)21-20(22(34)29-11-15(9-26)10-27-3)14(2)30-23(32-21)33-24-31-18-12-28-7-6-19(18)35-24/h4-10,12,21H,11,26H2,1-3H3,(H,29,34)(H2,30,31,32,33)/b15-9+,27-10?. The molecule has 4 rings (SSSR count). The summed E-state index contributed by atoms with van der Waals surface area (Å²) in [7, 11) is 1.63. The number of carbonyl (C=O) groups excluding carboxylic acids is 1. The van der Waals surface area contributed by atoms with Crippen molar-refractivity contribution < 1.29 is 9.21 Å². The maximum atomic E-state index is 13.3. The number of rotatable bonds is 6. The quantitative estimate of drug-likeness (QED) is 0.387. The van der Waals surface area contributed by atoms with Crippen LogP contribution in [0.15, 0.2) is 74.1 Å². The van der Waals surface area contributed by atoms with Crippen LogP contribution in [0.1, 0.15) is 24.1 Å². The van der Waals surface area contributed by atoms with Crippen molar-refractivity contribution in [2.75, 3.05) is 18.9 Å². The summed E-state index contributed by atoms with van der Waals surface area (Å²) < 4.78 is 5.73. The molecule has 0 saturated carbocycles. The average Bonchev–Trinajstić information content (AvgIpc) is 3.23. The number of guanidine groups is 1. The van der Waals surface area contributed by atoms with Crippen LogP contribution in [0.25, 0.3) is 11.1 Å². The maximum absolute atomic E-state index is 13.3. The second-order valence-electron chi connectivity index (χ2n) is 7.87. The monoisotopic (exact) mass is 492 g/mol. The molecule has 1 unspecified atom stereocenters. The molecular weight excluding hydrogens is 468 g/mol. The zero-order valence-electron chi connectivity index (χ0n) is 19.5. The van der Waals surface area contributed by atoms with E-state index >= 15 is 0 Å². The Bertz CT molecular complexity index is 1360. The minimum atomic E-state index is -0.678. The molecule has 0 fully saturated rings. The van der Waals surface area contributed by atoms with Gasteiger partial charge in [0.05, 0.1) is 11.8 Å². The Balaban J connectivity index is 1.67. The van der Waals surface area contributed by atoms with Crippen LogP contribution in [0.4, 0.5) is 6.01 Å². The number of benzene rings is 1. The molecule has 180 valence electrons. The number of allylic oxidation sites excluding steroid dienone is 1. The van der Waals surface area contributed by atoms with E-state index in [0.717, 1.165) is 5.56 Å². The van der Waals surface area contributed by atoms with E-state index in [0.29, 0.717) is 44.5 Å². The van der Waals surface area contributed by atoms with Crippen LogP contribution in [0.5, 0.6) is 0 Å². The fourth-order valence-corrected chi connectivity index (χ4v) is 3.98. The number of amides is 1. The number of carbonyl (C=O) groups is 1. The summed E-state index contributed by atoms with van der Waals surface area (Å²) in [6.07, 6.45) is 6.22. The molecule has 1 aliphatic heterocycles. The zero-order valence-corrected chi connectivity index (χ0v) is 20.2. The third kappa shape index (κ3) is 5.33. The van der Waals surface area contributed by atoms with Crippen molar-refractivity contribution in [3.05, 3.63) is 75.9 Å². The van der Waals surface area contributed by atoms with Crippen LogP contribution < -0.4 is 21.7 Å². The first-order valence-electron chi connectivity index (χ1n) is 10.8. The SMILES string of the molecule is CN=C/C(=C\N)CNC(=O)C1=C(C)NC(Nc2nc3cnccc3o2)=NC1c1ccc(C)cc1Cl. The second-order valence-corrected chi connectivity index (χ2v) is 8.28. The lowest BCUT2D eigenvalue weighted by molar-refractivity contribution is -0.117. The molecule has 5 N–H and O–H groups in total. The van der Waals surface area contributed by atoms with E-state index in [1.54, 1.807) is 38.6 Å². The summed E-state index contributed by atoms with van der Waals surface area (Å²) >= 11 is 6.59. The van der Waals surface area contributed by atoms with E-state index in [1.165, 1.54) is 6.20 Å². The zero-order chi connectivity index (χ0) is 24.9. The van der Waals surface area contributed by atoms with Crippen LogP contribution in [-0.2, 0) is 4.79 Å². The normalized spacial score (nSPS) is 16.4. The highest BCUT2D eigenvalue weighted by Gasteiger charge is 2.31. The number of pyridine rings is 1. The summed E-state index contributed by atoms with van der Waals surface area (Å²) in [6.45, 7) is 3.95. The Labute approximate surface area is 207 Å². The molecule has 2 aromatic heterocycles. The summed E-state index contributed by atoms with van der Waals surface area (Å²) in [5.41, 5.74) is 10.2. The number of nitrogens with two attached hydrogens (primary N) is 1. The van der Waals surface area contributed by atoms with Crippen molar-refractivity contribution >= 4 is 46.8 Å². The smallest absolute Gasteiger partial charge is 0.302 e. The first kappa shape index (κ1) is 24.0. The number of anilines is 1. The van der Waals surface area contributed by atoms with Crippen molar-refractivity contribution in [1.82, 2.24) is 20.6 Å². The first-order valence-corrected chi connectivity index (χ1v) is 11.2. The highest BCUT2D eigenvalue weighted by atomic mass is 35.5. The lowest BCUT2D eigenvalue weighted by Crippen LogP contribution is -2.39. The summed E-state index contributed by atoms with van der Waals surface area (Å²) in [5, 5.41) is 9.57. The lowest BCUT2D eigenvalue weighted by atomic mass is 9.95. The third-order valence-corrected chi connectivity index (χ3v) is 5.64. The number of aromatic nitrogens is 2. The molecule has 3 heterocycles. The molecule has 0 radical (unpaired) electrons. The lowest BCUT2D eigenvalue weighted by Gasteiger charge is -2.27. The second kappa shape index (κ2) is 10.4. The first-order chi connectivity index (χ1) is 16.9. The van der Waals surface area contributed by atoms with E-state index in [-0.39, 0.29) is 18.5 Å². The van der Waals surface area contributed by atoms with Crippen molar-refractivity contribution in [3.8, 4) is 0 Å². The Morgan fingerprint density at radius 3 is 2.89 bits per heavy atom. The summed E-state index contributed by atoms with van der Waals surface area (Å²) in [5.74, 6) is 0.0529. The van der Waals surface area contributed by atoms with Gasteiger partial charge in [-0.05, 0) is 25.5 Å². The average molecular weight is 493 g/mol. The van der Waals surface area contributed by atoms with Gasteiger partial charge in [-0.25, -0.2) is 4.99 Å². The Kier molecular flexibility index (Phi) is 7.11. The molecule has 1 aromatic carbocycles. The molecule has 1 amide bonds. The van der Waals surface area contributed by atoms with Gasteiger partial charge in [0.2, 0.25) is 5.96 Å². The molecule has 10 nitrogen and oxygen atoms in total. The molecule has 1 aliphatic rings. The van der Waals surface area contributed by atoms with Gasteiger partial charge in [0.1, 0.15) is 11.6 Å². The van der Waals surface area contributed by atoms with E-state index < -0.39 is 6.04 Å². The van der Waals surface area contributed by atoms with Crippen LogP contribution in [-0.4, -0.2) is 41.6 Å². The fourth-order valence-electron chi connectivity index (χ4n) is 3.64. The Morgan fingerprint density at radius 1 is 1.34 bits per heavy atom. The predicted octanol–water partition coefficient (Wildman–Crippen LogP) is 3.23.